The van der Waals surface area contributed by atoms with E-state index in [2.05, 4.69) is 38.2 Å². The van der Waals surface area contributed by atoms with E-state index in [9.17, 15) is 9.59 Å². The SMILES string of the molecule is COc1ccc(C2=NCc3ccc(N4CC[C@]5(CCN(CC(=O)N6CC=C(c7ccc(-c8ncn(C)n8)s7)CC6)C5)C4=O)nc32)cn1. The van der Waals surface area contributed by atoms with Gasteiger partial charge < -0.3 is 9.64 Å². The minimum atomic E-state index is -0.480. The molecule has 0 aliphatic carbocycles. The zero-order valence-electron chi connectivity index (χ0n) is 26.4. The van der Waals surface area contributed by atoms with Crippen LogP contribution in [0.25, 0.3) is 16.3 Å². The van der Waals surface area contributed by atoms with Crippen LogP contribution in [0.3, 0.4) is 0 Å². The third kappa shape index (κ3) is 5.42. The Morgan fingerprint density at radius 3 is 2.68 bits per heavy atom. The van der Waals surface area contributed by atoms with Gasteiger partial charge in [0.25, 0.3) is 0 Å². The maximum absolute atomic E-state index is 13.9. The number of aryl methyl sites for hydroxylation is 1. The van der Waals surface area contributed by atoms with E-state index in [4.69, 9.17) is 14.7 Å². The fourth-order valence-electron chi connectivity index (χ4n) is 7.07. The third-order valence-corrected chi connectivity index (χ3v) is 10.9. The number of ether oxygens (including phenoxy) is 1. The van der Waals surface area contributed by atoms with Gasteiger partial charge in [-0.05, 0) is 55.6 Å². The highest BCUT2D eigenvalue weighted by Crippen LogP contribution is 2.42. The van der Waals surface area contributed by atoms with Crippen LogP contribution in [0.4, 0.5) is 5.82 Å². The molecule has 240 valence electrons. The predicted molar refractivity (Wildman–Crippen MR) is 178 cm³/mol. The maximum Gasteiger partial charge on any atom is 0.237 e. The number of hydrogen-bond donors (Lipinski definition) is 0. The molecule has 4 aliphatic rings. The largest absolute Gasteiger partial charge is 0.481 e. The number of carbonyl (C=O) groups is 2. The Morgan fingerprint density at radius 2 is 1.91 bits per heavy atom. The number of thiophene rings is 1. The number of carbonyl (C=O) groups excluding carboxylic acids is 2. The topological polar surface area (TPSA) is 122 Å². The van der Waals surface area contributed by atoms with Crippen molar-refractivity contribution >= 4 is 40.3 Å². The van der Waals surface area contributed by atoms with E-state index < -0.39 is 5.41 Å². The van der Waals surface area contributed by atoms with Crippen molar-refractivity contribution in [2.45, 2.75) is 25.8 Å². The Morgan fingerprint density at radius 1 is 1.04 bits per heavy atom. The summed E-state index contributed by atoms with van der Waals surface area (Å²) in [6.07, 6.45) is 7.93. The summed E-state index contributed by atoms with van der Waals surface area (Å²) in [5.41, 5.74) is 4.27. The third-order valence-electron chi connectivity index (χ3n) is 9.70. The van der Waals surface area contributed by atoms with Gasteiger partial charge in [0, 0.05) is 61.5 Å². The van der Waals surface area contributed by atoms with Crippen molar-refractivity contribution in [1.82, 2.24) is 34.5 Å². The van der Waals surface area contributed by atoms with Gasteiger partial charge in [0.1, 0.15) is 12.1 Å². The number of fused-ring (bicyclic) bond motifs is 1. The number of rotatable bonds is 7. The molecule has 8 rings (SSSR count). The molecule has 47 heavy (non-hydrogen) atoms. The Labute approximate surface area is 276 Å². The van der Waals surface area contributed by atoms with Crippen molar-refractivity contribution in [2.75, 3.05) is 51.3 Å². The molecule has 0 unspecified atom stereocenters. The van der Waals surface area contributed by atoms with E-state index in [0.29, 0.717) is 51.0 Å². The van der Waals surface area contributed by atoms with Crippen molar-refractivity contribution in [3.63, 3.8) is 0 Å². The van der Waals surface area contributed by atoms with Crippen molar-refractivity contribution in [2.24, 2.45) is 17.5 Å². The minimum absolute atomic E-state index is 0.101. The van der Waals surface area contributed by atoms with Crippen LogP contribution in [0.15, 0.2) is 60.0 Å². The predicted octanol–water partition coefficient (Wildman–Crippen LogP) is 3.44. The molecule has 13 heteroatoms. The first kappa shape index (κ1) is 29.6. The van der Waals surface area contributed by atoms with Crippen LogP contribution < -0.4 is 9.64 Å². The summed E-state index contributed by atoms with van der Waals surface area (Å²) < 4.78 is 6.90. The number of nitrogens with zero attached hydrogens (tertiary/aromatic N) is 9. The second-order valence-corrected chi connectivity index (χ2v) is 13.7. The van der Waals surface area contributed by atoms with E-state index in [1.165, 1.54) is 10.5 Å². The number of pyridine rings is 2. The highest BCUT2D eigenvalue weighted by atomic mass is 32.1. The zero-order valence-corrected chi connectivity index (χ0v) is 27.2. The van der Waals surface area contributed by atoms with E-state index in [-0.39, 0.29) is 11.8 Å². The molecule has 4 aliphatic heterocycles. The fraction of sp³-hybridized carbons (Fsp3) is 0.382. The number of aliphatic imine (C=N–C) groups is 1. The molecule has 1 spiro atoms. The monoisotopic (exact) mass is 649 g/mol. The number of likely N-dealkylation sites (tertiary alicyclic amines) is 1. The van der Waals surface area contributed by atoms with Crippen LogP contribution in [0, 0.1) is 5.41 Å². The molecule has 4 aromatic heterocycles. The second-order valence-electron chi connectivity index (χ2n) is 12.6. The average molecular weight is 650 g/mol. The zero-order chi connectivity index (χ0) is 32.1. The van der Waals surface area contributed by atoms with E-state index >= 15 is 0 Å². The molecule has 0 aromatic carbocycles. The summed E-state index contributed by atoms with van der Waals surface area (Å²) in [6, 6.07) is 11.9. The van der Waals surface area contributed by atoms with Crippen LogP contribution in [0.1, 0.15) is 41.0 Å². The fourth-order valence-corrected chi connectivity index (χ4v) is 8.08. The number of aromatic nitrogens is 5. The number of hydrogen-bond acceptors (Lipinski definition) is 10. The Balaban J connectivity index is 0.889. The van der Waals surface area contributed by atoms with E-state index in [0.717, 1.165) is 59.0 Å². The van der Waals surface area contributed by atoms with Crippen LogP contribution in [0.2, 0.25) is 0 Å². The normalized spacial score (nSPS) is 21.0. The first-order valence-electron chi connectivity index (χ1n) is 15.9. The lowest BCUT2D eigenvalue weighted by atomic mass is 9.85. The molecular weight excluding hydrogens is 615 g/mol. The van der Waals surface area contributed by atoms with Gasteiger partial charge in [-0.3, -0.25) is 29.1 Å². The average Bonchev–Trinajstić information content (AvgIpc) is 3.94. The van der Waals surface area contributed by atoms with E-state index in [1.54, 1.807) is 35.7 Å². The van der Waals surface area contributed by atoms with Gasteiger partial charge in [0.15, 0.2) is 5.82 Å². The van der Waals surface area contributed by atoms with Crippen molar-refractivity contribution < 1.29 is 14.3 Å². The van der Waals surface area contributed by atoms with Gasteiger partial charge in [0.05, 0.1) is 41.9 Å². The Kier molecular flexibility index (Phi) is 7.44. The van der Waals surface area contributed by atoms with Gasteiger partial charge in [-0.25, -0.2) is 15.0 Å². The molecule has 12 nitrogen and oxygen atoms in total. The highest BCUT2D eigenvalue weighted by Gasteiger charge is 2.51. The van der Waals surface area contributed by atoms with Gasteiger partial charge in [-0.1, -0.05) is 12.1 Å². The number of amides is 2. The molecule has 1 atom stereocenters. The minimum Gasteiger partial charge on any atom is -0.481 e. The van der Waals surface area contributed by atoms with Crippen molar-refractivity contribution in [1.29, 1.82) is 0 Å². The van der Waals surface area contributed by atoms with Crippen LogP contribution in [-0.4, -0.2) is 98.4 Å². The lowest BCUT2D eigenvalue weighted by molar-refractivity contribution is -0.132. The lowest BCUT2D eigenvalue weighted by Gasteiger charge is -2.29. The number of methoxy groups -OCH3 is 1. The molecule has 0 saturated carbocycles. The molecule has 0 N–H and O–H groups in total. The smallest absolute Gasteiger partial charge is 0.237 e. The highest BCUT2D eigenvalue weighted by molar-refractivity contribution is 7.16. The van der Waals surface area contributed by atoms with Crippen molar-refractivity contribution in [3.8, 4) is 16.6 Å². The Bertz CT molecular complexity index is 1930. The lowest BCUT2D eigenvalue weighted by Crippen LogP contribution is -2.43. The van der Waals surface area contributed by atoms with Gasteiger partial charge in [-0.2, -0.15) is 5.10 Å². The standard InChI is InChI=1S/C34H35N9O3S/c1-40-21-37-32(39-40)26-6-5-25(47-26)22-9-13-42(14-10-22)29(44)19-41-15-11-34(20-41)12-16-43(33(34)45)27-7-3-24-18-36-30(31(24)38-27)23-4-8-28(46-2)35-17-23/h3-9,17,21H,10-16,18-20H2,1-2H3/t34-/m0/s1. The van der Waals surface area contributed by atoms with Crippen LogP contribution >= 0.6 is 11.3 Å². The van der Waals surface area contributed by atoms with Crippen molar-refractivity contribution in [3.05, 3.63) is 76.7 Å². The summed E-state index contributed by atoms with van der Waals surface area (Å²) in [6.45, 7) is 4.11. The van der Waals surface area contributed by atoms with Crippen LogP contribution in [-0.2, 0) is 23.2 Å². The molecule has 2 amide bonds. The summed E-state index contributed by atoms with van der Waals surface area (Å²) >= 11 is 1.69. The summed E-state index contributed by atoms with van der Waals surface area (Å²) in [5.74, 6) is 2.15. The summed E-state index contributed by atoms with van der Waals surface area (Å²) in [7, 11) is 3.45. The molecule has 2 saturated heterocycles. The Hall–Kier alpha value is -4.75. The molecular formula is C34H35N9O3S. The molecule has 2 fully saturated rings. The first-order chi connectivity index (χ1) is 22.9. The molecule has 0 radical (unpaired) electrons. The van der Waals surface area contributed by atoms with E-state index in [1.807, 2.05) is 41.1 Å². The second kappa shape index (κ2) is 11.8. The summed E-state index contributed by atoms with van der Waals surface area (Å²) in [5, 5.41) is 4.41. The maximum atomic E-state index is 13.9. The molecule has 8 heterocycles. The first-order valence-corrected chi connectivity index (χ1v) is 16.7. The van der Waals surface area contributed by atoms with Crippen LogP contribution in [0.5, 0.6) is 5.88 Å². The molecule has 0 bridgehead atoms. The molecule has 4 aromatic rings. The number of anilines is 1. The summed E-state index contributed by atoms with van der Waals surface area (Å²) in [4.78, 5) is 53.8. The van der Waals surface area contributed by atoms with Gasteiger partial charge >= 0.3 is 0 Å². The van der Waals surface area contributed by atoms with Gasteiger partial charge in [0.2, 0.25) is 17.7 Å². The quantitative estimate of drug-likeness (QED) is 0.299. The van der Waals surface area contributed by atoms with Gasteiger partial charge in [-0.15, -0.1) is 11.3 Å².